The highest BCUT2D eigenvalue weighted by Gasteiger charge is 2.20. The molecule has 1 aromatic heterocycles. The van der Waals surface area contributed by atoms with Gasteiger partial charge in [0.1, 0.15) is 0 Å². The van der Waals surface area contributed by atoms with Gasteiger partial charge in [-0.2, -0.15) is 0 Å². The van der Waals surface area contributed by atoms with Crippen LogP contribution in [0.2, 0.25) is 0 Å². The van der Waals surface area contributed by atoms with Crippen molar-refractivity contribution < 1.29 is 16.8 Å². The molecule has 0 saturated carbocycles. The quantitative estimate of drug-likeness (QED) is 0.710. The predicted molar refractivity (Wildman–Crippen MR) is 99.5 cm³/mol. The molecule has 1 heterocycles. The van der Waals surface area contributed by atoms with E-state index in [4.69, 9.17) is 0 Å². The predicted octanol–water partition coefficient (Wildman–Crippen LogP) is 2.72. The summed E-state index contributed by atoms with van der Waals surface area (Å²) in [5.41, 5.74) is 0. The van der Waals surface area contributed by atoms with E-state index in [1.165, 1.54) is 35.6 Å². The van der Waals surface area contributed by atoms with Gasteiger partial charge in [0.25, 0.3) is 0 Å². The Labute approximate surface area is 153 Å². The first kappa shape index (κ1) is 20.1. The largest absolute Gasteiger partial charge is 0.241 e. The molecule has 0 radical (unpaired) electrons. The highest BCUT2D eigenvalue weighted by atomic mass is 32.2. The van der Waals surface area contributed by atoms with Gasteiger partial charge in [0, 0.05) is 11.4 Å². The molecule has 1 atom stereocenters. The van der Waals surface area contributed by atoms with Crippen LogP contribution in [-0.2, 0) is 20.0 Å². The van der Waals surface area contributed by atoms with Crippen molar-refractivity contribution in [3.8, 4) is 0 Å². The molecule has 0 spiro atoms. The van der Waals surface area contributed by atoms with Crippen LogP contribution in [0.5, 0.6) is 0 Å². The number of benzene rings is 1. The lowest BCUT2D eigenvalue weighted by atomic mass is 10.2. The van der Waals surface area contributed by atoms with E-state index in [1.807, 2.05) is 31.4 Å². The average molecular weight is 403 g/mol. The number of nitrogens with one attached hydrogen (secondary N) is 2. The molecule has 138 valence electrons. The molecule has 0 bridgehead atoms. The van der Waals surface area contributed by atoms with Gasteiger partial charge in [-0.25, -0.2) is 26.3 Å². The standard InChI is InChI=1S/C16H22N2O4S3/c1-12(2)11-17-24(19,20)14-6-8-15(9-7-14)25(21,22)18-13(3)16-5-4-10-23-16/h4-10,12-13,17-18H,11H2,1-3H3. The fourth-order valence-corrected chi connectivity index (χ4v) is 5.30. The van der Waals surface area contributed by atoms with Gasteiger partial charge in [-0.1, -0.05) is 19.9 Å². The summed E-state index contributed by atoms with van der Waals surface area (Å²) in [7, 11) is -7.37. The first-order valence-electron chi connectivity index (χ1n) is 7.77. The molecule has 1 aromatic carbocycles. The summed E-state index contributed by atoms with van der Waals surface area (Å²) in [6.07, 6.45) is 0. The van der Waals surface area contributed by atoms with Crippen LogP contribution in [0.1, 0.15) is 31.7 Å². The molecule has 0 saturated heterocycles. The molecule has 0 aliphatic carbocycles. The van der Waals surface area contributed by atoms with Crippen molar-refractivity contribution in [2.45, 2.75) is 36.6 Å². The summed E-state index contributed by atoms with van der Waals surface area (Å²) in [6, 6.07) is 8.55. The summed E-state index contributed by atoms with van der Waals surface area (Å²) in [6.45, 7) is 5.89. The van der Waals surface area contributed by atoms with Gasteiger partial charge >= 0.3 is 0 Å². The van der Waals surface area contributed by atoms with Crippen molar-refractivity contribution in [3.05, 3.63) is 46.7 Å². The molecule has 0 aliphatic rings. The molecule has 0 amide bonds. The minimum Gasteiger partial charge on any atom is -0.211 e. The highest BCUT2D eigenvalue weighted by Crippen LogP contribution is 2.21. The molecule has 2 aromatic rings. The number of sulfonamides is 2. The Bertz CT molecular complexity index is 887. The van der Waals surface area contributed by atoms with Crippen molar-refractivity contribution in [3.63, 3.8) is 0 Å². The Morgan fingerprint density at radius 3 is 1.96 bits per heavy atom. The molecule has 1 unspecified atom stereocenters. The molecule has 6 nitrogen and oxygen atoms in total. The van der Waals surface area contributed by atoms with Crippen LogP contribution in [0, 0.1) is 5.92 Å². The van der Waals surface area contributed by atoms with Crippen molar-refractivity contribution in [2.75, 3.05) is 6.54 Å². The monoisotopic (exact) mass is 402 g/mol. The van der Waals surface area contributed by atoms with Crippen LogP contribution in [0.4, 0.5) is 0 Å². The molecule has 9 heteroatoms. The molecule has 25 heavy (non-hydrogen) atoms. The molecule has 2 N–H and O–H groups in total. The Morgan fingerprint density at radius 2 is 1.48 bits per heavy atom. The first-order valence-corrected chi connectivity index (χ1v) is 11.6. The zero-order valence-electron chi connectivity index (χ0n) is 14.3. The third kappa shape index (κ3) is 5.35. The van der Waals surface area contributed by atoms with Gasteiger partial charge < -0.3 is 0 Å². The lowest BCUT2D eigenvalue weighted by molar-refractivity contribution is 0.559. The van der Waals surface area contributed by atoms with Crippen LogP contribution in [0.3, 0.4) is 0 Å². The topological polar surface area (TPSA) is 92.3 Å². The third-order valence-corrected chi connectivity index (χ3v) is 7.48. The van der Waals surface area contributed by atoms with Gasteiger partial charge in [-0.05, 0) is 48.6 Å². The van der Waals surface area contributed by atoms with Crippen LogP contribution in [0.25, 0.3) is 0 Å². The number of rotatable bonds is 8. The maximum absolute atomic E-state index is 12.4. The maximum atomic E-state index is 12.4. The molecular formula is C16H22N2O4S3. The van der Waals surface area contributed by atoms with Crippen LogP contribution < -0.4 is 9.44 Å². The van der Waals surface area contributed by atoms with Crippen molar-refractivity contribution in [2.24, 2.45) is 5.92 Å². The second-order valence-corrected chi connectivity index (χ2v) is 10.5. The van der Waals surface area contributed by atoms with E-state index in [9.17, 15) is 16.8 Å². The normalized spacial score (nSPS) is 13.9. The van der Waals surface area contributed by atoms with Crippen molar-refractivity contribution >= 4 is 31.4 Å². The van der Waals surface area contributed by atoms with E-state index in [0.717, 1.165) is 4.88 Å². The molecular weight excluding hydrogens is 380 g/mol. The lowest BCUT2D eigenvalue weighted by Gasteiger charge is -2.13. The van der Waals surface area contributed by atoms with Crippen LogP contribution in [0.15, 0.2) is 51.6 Å². The molecule has 2 rings (SSSR count). The summed E-state index contributed by atoms with van der Waals surface area (Å²) in [5, 5.41) is 1.88. The SMILES string of the molecule is CC(C)CNS(=O)(=O)c1ccc(S(=O)(=O)NC(C)c2cccs2)cc1. The van der Waals surface area contributed by atoms with Crippen LogP contribution in [-0.4, -0.2) is 23.4 Å². The smallest absolute Gasteiger partial charge is 0.211 e. The van der Waals surface area contributed by atoms with Gasteiger partial charge in [-0.3, -0.25) is 0 Å². The minimum absolute atomic E-state index is 0.0266. The van der Waals surface area contributed by atoms with E-state index >= 15 is 0 Å². The zero-order valence-corrected chi connectivity index (χ0v) is 16.7. The van der Waals surface area contributed by atoms with E-state index in [2.05, 4.69) is 9.44 Å². The summed E-state index contributed by atoms with van der Waals surface area (Å²) in [5.74, 6) is 0.178. The Hall–Kier alpha value is -1.26. The zero-order chi connectivity index (χ0) is 18.7. The molecule has 0 fully saturated rings. The Morgan fingerprint density at radius 1 is 0.920 bits per heavy atom. The van der Waals surface area contributed by atoms with Gasteiger partial charge in [0.2, 0.25) is 20.0 Å². The van der Waals surface area contributed by atoms with Gasteiger partial charge in [0.05, 0.1) is 15.8 Å². The maximum Gasteiger partial charge on any atom is 0.241 e. The summed E-state index contributed by atoms with van der Waals surface area (Å²) >= 11 is 1.47. The number of thiophene rings is 1. The second kappa shape index (κ2) is 7.96. The fraction of sp³-hybridized carbons (Fsp3) is 0.375. The fourth-order valence-electron chi connectivity index (χ4n) is 2.05. The number of hydrogen-bond donors (Lipinski definition) is 2. The van der Waals surface area contributed by atoms with E-state index in [0.29, 0.717) is 6.54 Å². The van der Waals surface area contributed by atoms with Gasteiger partial charge in [-0.15, -0.1) is 11.3 Å². The van der Waals surface area contributed by atoms with Crippen molar-refractivity contribution in [1.82, 2.24) is 9.44 Å². The summed E-state index contributed by atoms with van der Waals surface area (Å²) in [4.78, 5) is 0.970. The summed E-state index contributed by atoms with van der Waals surface area (Å²) < 4.78 is 54.3. The highest BCUT2D eigenvalue weighted by molar-refractivity contribution is 7.90. The number of hydrogen-bond acceptors (Lipinski definition) is 5. The third-order valence-electron chi connectivity index (χ3n) is 3.43. The first-order chi connectivity index (χ1) is 11.6. The van der Waals surface area contributed by atoms with Gasteiger partial charge in [0.15, 0.2) is 0 Å². The minimum atomic E-state index is -3.73. The van der Waals surface area contributed by atoms with E-state index < -0.39 is 20.0 Å². The Balaban J connectivity index is 2.15. The molecule has 0 aliphatic heterocycles. The average Bonchev–Trinajstić information content (AvgIpc) is 3.07. The lowest BCUT2D eigenvalue weighted by Crippen LogP contribution is -2.28. The van der Waals surface area contributed by atoms with E-state index in [1.54, 1.807) is 6.92 Å². The Kier molecular flexibility index (Phi) is 6.39. The van der Waals surface area contributed by atoms with Crippen LogP contribution >= 0.6 is 11.3 Å². The second-order valence-electron chi connectivity index (χ2n) is 6.08. The van der Waals surface area contributed by atoms with E-state index in [-0.39, 0.29) is 21.8 Å². The van der Waals surface area contributed by atoms with Crippen molar-refractivity contribution in [1.29, 1.82) is 0 Å².